The van der Waals surface area contributed by atoms with E-state index in [0.717, 1.165) is 24.3 Å². The Bertz CT molecular complexity index is 992. The molecule has 3 aromatic rings. The molecule has 0 saturated carbocycles. The largest absolute Gasteiger partial charge is 0.497 e. The second-order valence-electron chi connectivity index (χ2n) is 9.04. The summed E-state index contributed by atoms with van der Waals surface area (Å²) in [7, 11) is 3.86. The maximum absolute atomic E-state index is 5.23. The number of methoxy groups -OCH3 is 1. The van der Waals surface area contributed by atoms with E-state index in [9.17, 15) is 0 Å². The average molecular weight is 396 g/mol. The van der Waals surface area contributed by atoms with Gasteiger partial charge in [0, 0.05) is 17.1 Å². The summed E-state index contributed by atoms with van der Waals surface area (Å²) < 4.78 is 6.96. The SMILES string of the molecule is COc1ccc(-n2nnc3cnc(NC4CC(C)(C)N(C)C(C)(C)C4)nc32)cc1. The number of ether oxygens (including phenoxy) is 1. The highest BCUT2D eigenvalue weighted by atomic mass is 16.5. The molecule has 0 spiro atoms. The van der Waals surface area contributed by atoms with Crippen LogP contribution in [0.1, 0.15) is 40.5 Å². The molecular weight excluding hydrogens is 366 g/mol. The highest BCUT2D eigenvalue weighted by Crippen LogP contribution is 2.37. The molecule has 1 saturated heterocycles. The standard InChI is InChI=1S/C21H29N7O/c1-20(2)11-14(12-21(3,4)27(20)5)23-19-22-13-17-18(24-19)28(26-25-17)15-7-9-16(29-6)10-8-15/h7-10,13-14H,11-12H2,1-6H3,(H,22,23,24). The molecular formula is C21H29N7O. The van der Waals surface area contributed by atoms with E-state index in [1.165, 1.54) is 0 Å². The lowest BCUT2D eigenvalue weighted by atomic mass is 9.77. The van der Waals surface area contributed by atoms with Crippen LogP contribution < -0.4 is 10.1 Å². The van der Waals surface area contributed by atoms with Gasteiger partial charge in [0.05, 0.1) is 19.0 Å². The molecule has 1 aliphatic heterocycles. The summed E-state index contributed by atoms with van der Waals surface area (Å²) in [5.41, 5.74) is 2.40. The molecule has 1 aliphatic rings. The maximum atomic E-state index is 5.23. The summed E-state index contributed by atoms with van der Waals surface area (Å²) in [6.07, 6.45) is 3.76. The average Bonchev–Trinajstić information content (AvgIpc) is 3.09. The molecule has 3 heterocycles. The molecule has 0 aliphatic carbocycles. The van der Waals surface area contributed by atoms with Gasteiger partial charge >= 0.3 is 0 Å². The molecule has 8 heteroatoms. The number of anilines is 1. The first kappa shape index (κ1) is 19.6. The highest BCUT2D eigenvalue weighted by Gasteiger charge is 2.43. The van der Waals surface area contributed by atoms with E-state index in [4.69, 9.17) is 9.72 Å². The Morgan fingerprint density at radius 1 is 1.07 bits per heavy atom. The summed E-state index contributed by atoms with van der Waals surface area (Å²) in [4.78, 5) is 11.7. The van der Waals surface area contributed by atoms with Gasteiger partial charge in [0.2, 0.25) is 5.95 Å². The number of nitrogens with one attached hydrogen (secondary N) is 1. The lowest BCUT2D eigenvalue weighted by molar-refractivity contribution is -0.00778. The monoisotopic (exact) mass is 395 g/mol. The van der Waals surface area contributed by atoms with E-state index in [-0.39, 0.29) is 11.1 Å². The zero-order chi connectivity index (χ0) is 20.8. The van der Waals surface area contributed by atoms with Crippen molar-refractivity contribution in [2.24, 2.45) is 0 Å². The molecule has 0 radical (unpaired) electrons. The molecule has 2 aromatic heterocycles. The van der Waals surface area contributed by atoms with Gasteiger partial charge in [0.25, 0.3) is 0 Å². The van der Waals surface area contributed by atoms with Crippen LogP contribution in [0.25, 0.3) is 16.9 Å². The van der Waals surface area contributed by atoms with Crippen LogP contribution in [0.5, 0.6) is 5.75 Å². The van der Waals surface area contributed by atoms with Crippen molar-refractivity contribution in [1.29, 1.82) is 0 Å². The molecule has 29 heavy (non-hydrogen) atoms. The molecule has 1 fully saturated rings. The molecule has 4 rings (SSSR count). The summed E-state index contributed by atoms with van der Waals surface area (Å²) in [5.74, 6) is 1.40. The van der Waals surface area contributed by atoms with Crippen molar-refractivity contribution in [2.45, 2.75) is 57.7 Å². The Labute approximate surface area is 171 Å². The molecule has 0 atom stereocenters. The molecule has 0 amide bonds. The first-order valence-electron chi connectivity index (χ1n) is 9.93. The number of nitrogens with zero attached hydrogens (tertiary/aromatic N) is 6. The fourth-order valence-electron chi connectivity index (χ4n) is 4.35. The van der Waals surface area contributed by atoms with E-state index in [1.54, 1.807) is 18.0 Å². The number of piperidine rings is 1. The van der Waals surface area contributed by atoms with E-state index < -0.39 is 0 Å². The fraction of sp³-hybridized carbons (Fsp3) is 0.524. The van der Waals surface area contributed by atoms with Crippen LogP contribution in [0.2, 0.25) is 0 Å². The molecule has 154 valence electrons. The predicted molar refractivity (Wildman–Crippen MR) is 114 cm³/mol. The quantitative estimate of drug-likeness (QED) is 0.726. The predicted octanol–water partition coefficient (Wildman–Crippen LogP) is 3.28. The second kappa shape index (κ2) is 6.95. The number of likely N-dealkylation sites (tertiary alicyclic amines) is 1. The van der Waals surface area contributed by atoms with E-state index in [2.05, 4.69) is 60.3 Å². The molecule has 0 bridgehead atoms. The number of fused-ring (bicyclic) bond motifs is 1. The van der Waals surface area contributed by atoms with Crippen LogP contribution in [0.15, 0.2) is 30.5 Å². The maximum Gasteiger partial charge on any atom is 0.225 e. The number of hydrogen-bond acceptors (Lipinski definition) is 7. The third-order valence-corrected chi connectivity index (χ3v) is 6.15. The van der Waals surface area contributed by atoms with Crippen molar-refractivity contribution < 1.29 is 4.74 Å². The van der Waals surface area contributed by atoms with Crippen LogP contribution in [-0.4, -0.2) is 61.1 Å². The number of aromatic nitrogens is 5. The Kier molecular flexibility index (Phi) is 4.69. The Hall–Kier alpha value is -2.74. The van der Waals surface area contributed by atoms with Crippen molar-refractivity contribution in [1.82, 2.24) is 29.9 Å². The van der Waals surface area contributed by atoms with Gasteiger partial charge in [-0.25, -0.2) is 4.98 Å². The van der Waals surface area contributed by atoms with Crippen molar-refractivity contribution in [3.05, 3.63) is 30.5 Å². The summed E-state index contributed by atoms with van der Waals surface area (Å²) >= 11 is 0. The van der Waals surface area contributed by atoms with Gasteiger partial charge in [-0.2, -0.15) is 9.67 Å². The van der Waals surface area contributed by atoms with E-state index in [1.807, 2.05) is 24.3 Å². The zero-order valence-electron chi connectivity index (χ0n) is 18.0. The second-order valence-corrected chi connectivity index (χ2v) is 9.04. The first-order chi connectivity index (χ1) is 13.7. The summed E-state index contributed by atoms with van der Waals surface area (Å²) in [6, 6.07) is 7.95. The third kappa shape index (κ3) is 3.64. The lowest BCUT2D eigenvalue weighted by Crippen LogP contribution is -2.61. The first-order valence-corrected chi connectivity index (χ1v) is 9.93. The van der Waals surface area contributed by atoms with E-state index in [0.29, 0.717) is 23.2 Å². The summed E-state index contributed by atoms with van der Waals surface area (Å²) in [6.45, 7) is 9.15. The van der Waals surface area contributed by atoms with Gasteiger partial charge in [-0.1, -0.05) is 5.21 Å². The van der Waals surface area contributed by atoms with Crippen molar-refractivity contribution in [2.75, 3.05) is 19.5 Å². The number of benzene rings is 1. The topological polar surface area (TPSA) is 81.0 Å². The minimum atomic E-state index is 0.0932. The van der Waals surface area contributed by atoms with Gasteiger partial charge < -0.3 is 10.1 Å². The highest BCUT2D eigenvalue weighted by molar-refractivity contribution is 5.72. The minimum Gasteiger partial charge on any atom is -0.497 e. The van der Waals surface area contributed by atoms with Crippen LogP contribution >= 0.6 is 0 Å². The molecule has 1 N–H and O–H groups in total. The zero-order valence-corrected chi connectivity index (χ0v) is 18.0. The van der Waals surface area contributed by atoms with Crippen LogP contribution in [-0.2, 0) is 0 Å². The van der Waals surface area contributed by atoms with Gasteiger partial charge in [-0.15, -0.1) is 5.10 Å². The van der Waals surface area contributed by atoms with Gasteiger partial charge in [-0.3, -0.25) is 4.90 Å². The van der Waals surface area contributed by atoms with Crippen molar-refractivity contribution in [3.8, 4) is 11.4 Å². The van der Waals surface area contributed by atoms with Gasteiger partial charge in [0.15, 0.2) is 11.2 Å². The van der Waals surface area contributed by atoms with Crippen molar-refractivity contribution >= 4 is 17.1 Å². The number of hydrogen-bond donors (Lipinski definition) is 1. The third-order valence-electron chi connectivity index (χ3n) is 6.15. The van der Waals surface area contributed by atoms with E-state index >= 15 is 0 Å². The van der Waals surface area contributed by atoms with Gasteiger partial charge in [0.1, 0.15) is 5.75 Å². The molecule has 1 aromatic carbocycles. The van der Waals surface area contributed by atoms with Crippen molar-refractivity contribution in [3.63, 3.8) is 0 Å². The lowest BCUT2D eigenvalue weighted by Gasteiger charge is -2.53. The van der Waals surface area contributed by atoms with Crippen LogP contribution in [0.4, 0.5) is 5.95 Å². The van der Waals surface area contributed by atoms with Crippen LogP contribution in [0.3, 0.4) is 0 Å². The molecule has 8 nitrogen and oxygen atoms in total. The Morgan fingerprint density at radius 3 is 2.34 bits per heavy atom. The molecule has 0 unspecified atom stereocenters. The smallest absolute Gasteiger partial charge is 0.225 e. The normalized spacial score (nSPS) is 19.4. The van der Waals surface area contributed by atoms with Gasteiger partial charge in [-0.05, 0) is 71.8 Å². The van der Waals surface area contributed by atoms with Crippen LogP contribution in [0, 0.1) is 0 Å². The Balaban J connectivity index is 1.62. The Morgan fingerprint density at radius 2 is 1.72 bits per heavy atom. The summed E-state index contributed by atoms with van der Waals surface area (Å²) in [5, 5.41) is 12.0. The number of rotatable bonds is 4. The minimum absolute atomic E-state index is 0.0932. The fourth-order valence-corrected chi connectivity index (χ4v) is 4.35.